The van der Waals surface area contributed by atoms with E-state index in [0.29, 0.717) is 12.1 Å². The highest BCUT2D eigenvalue weighted by Crippen LogP contribution is 2.32. The van der Waals surface area contributed by atoms with E-state index in [2.05, 4.69) is 9.88 Å². The number of carbonyl (C=O) groups is 1. The molecule has 0 bridgehead atoms. The van der Waals surface area contributed by atoms with Crippen LogP contribution in [0.1, 0.15) is 28.2 Å². The average molecular weight is 270 g/mol. The Morgan fingerprint density at radius 3 is 2.71 bits per heavy atom. The molecule has 1 aliphatic carbocycles. The molecule has 92 valence electrons. The lowest BCUT2D eigenvalue weighted by Gasteiger charge is -2.25. The number of hydrogen-bond donors (Lipinski definition) is 0. The average Bonchev–Trinajstić information content (AvgIpc) is 2.75. The first-order chi connectivity index (χ1) is 8.24. The molecule has 6 heteroatoms. The van der Waals surface area contributed by atoms with E-state index < -0.39 is 10.8 Å². The molecule has 0 unspecified atom stereocenters. The van der Waals surface area contributed by atoms with Crippen molar-refractivity contribution in [3.8, 4) is 0 Å². The maximum atomic E-state index is 11.7. The molecule has 3 rings (SSSR count). The third-order valence-electron chi connectivity index (χ3n) is 3.21. The van der Waals surface area contributed by atoms with Crippen molar-refractivity contribution in [2.24, 2.45) is 0 Å². The van der Waals surface area contributed by atoms with Crippen LogP contribution in [0.5, 0.6) is 0 Å². The molecule has 0 spiro atoms. The Morgan fingerprint density at radius 1 is 1.24 bits per heavy atom. The molecular weight excluding hydrogens is 256 g/mol. The number of carbonyl (C=O) groups excluding carboxylic acids is 1. The maximum absolute atomic E-state index is 11.7. The van der Waals surface area contributed by atoms with Crippen molar-refractivity contribution >= 4 is 33.1 Å². The highest BCUT2D eigenvalue weighted by molar-refractivity contribution is 7.85. The maximum Gasteiger partial charge on any atom is 0.186 e. The van der Waals surface area contributed by atoms with Gasteiger partial charge in [-0.1, -0.05) is 0 Å². The summed E-state index contributed by atoms with van der Waals surface area (Å²) >= 11 is 1.64. The van der Waals surface area contributed by atoms with Crippen LogP contribution in [0.4, 0.5) is 5.13 Å². The first-order valence-electron chi connectivity index (χ1n) is 5.87. The Hall–Kier alpha value is -0.750. The van der Waals surface area contributed by atoms with Crippen LogP contribution in [0.15, 0.2) is 0 Å². The Bertz CT molecular complexity index is 474. The normalized spacial score (nSPS) is 21.6. The summed E-state index contributed by atoms with van der Waals surface area (Å²) in [6, 6.07) is 0. The van der Waals surface area contributed by atoms with Gasteiger partial charge in [0, 0.05) is 46.7 Å². The second-order valence-corrected chi connectivity index (χ2v) is 7.14. The van der Waals surface area contributed by atoms with E-state index in [1.54, 1.807) is 11.3 Å². The molecular formula is C11H14N2O2S2. The second kappa shape index (κ2) is 4.49. The van der Waals surface area contributed by atoms with Crippen LogP contribution in [-0.4, -0.2) is 39.6 Å². The predicted octanol–water partition coefficient (Wildman–Crippen LogP) is 1.23. The van der Waals surface area contributed by atoms with Gasteiger partial charge >= 0.3 is 0 Å². The Labute approximate surface area is 106 Å². The molecule has 0 atom stereocenters. The van der Waals surface area contributed by atoms with Crippen LogP contribution in [0.3, 0.4) is 0 Å². The molecule has 2 heterocycles. The first kappa shape index (κ1) is 11.3. The van der Waals surface area contributed by atoms with Gasteiger partial charge < -0.3 is 4.90 Å². The summed E-state index contributed by atoms with van der Waals surface area (Å²) in [5, 5.41) is 0.946. The molecule has 1 fully saturated rings. The standard InChI is InChI=1S/C11H14N2O2S2/c14-8-2-1-3-9-10(8)12-11(16-9)13-4-6-17(15)7-5-13/h1-7H2. The minimum Gasteiger partial charge on any atom is -0.346 e. The van der Waals surface area contributed by atoms with Crippen LogP contribution in [0.2, 0.25) is 0 Å². The molecule has 0 saturated carbocycles. The summed E-state index contributed by atoms with van der Waals surface area (Å²) < 4.78 is 11.3. The van der Waals surface area contributed by atoms with Crippen molar-refractivity contribution in [3.63, 3.8) is 0 Å². The number of ketones is 1. The molecule has 17 heavy (non-hydrogen) atoms. The van der Waals surface area contributed by atoms with Crippen molar-refractivity contribution in [2.45, 2.75) is 19.3 Å². The van der Waals surface area contributed by atoms with Gasteiger partial charge in [-0.2, -0.15) is 0 Å². The van der Waals surface area contributed by atoms with Crippen molar-refractivity contribution in [3.05, 3.63) is 10.6 Å². The van der Waals surface area contributed by atoms with Crippen LogP contribution in [0.25, 0.3) is 0 Å². The van der Waals surface area contributed by atoms with Gasteiger partial charge in [-0.05, 0) is 12.8 Å². The van der Waals surface area contributed by atoms with Crippen LogP contribution < -0.4 is 4.90 Å². The Morgan fingerprint density at radius 2 is 2.00 bits per heavy atom. The lowest BCUT2D eigenvalue weighted by Crippen LogP contribution is -2.37. The fraction of sp³-hybridized carbons (Fsp3) is 0.636. The highest BCUT2D eigenvalue weighted by atomic mass is 32.2. The van der Waals surface area contributed by atoms with Crippen LogP contribution >= 0.6 is 11.3 Å². The summed E-state index contributed by atoms with van der Waals surface area (Å²) in [5.74, 6) is 1.63. The molecule has 1 saturated heterocycles. The molecule has 0 N–H and O–H groups in total. The fourth-order valence-electron chi connectivity index (χ4n) is 2.22. The number of aromatic nitrogens is 1. The predicted molar refractivity (Wildman–Crippen MR) is 69.5 cm³/mol. The summed E-state index contributed by atoms with van der Waals surface area (Å²) in [7, 11) is -0.663. The third kappa shape index (κ3) is 2.15. The van der Waals surface area contributed by atoms with Gasteiger partial charge in [0.1, 0.15) is 5.69 Å². The zero-order chi connectivity index (χ0) is 11.8. The molecule has 1 aliphatic heterocycles. The van der Waals surface area contributed by atoms with Gasteiger partial charge in [0.05, 0.1) is 0 Å². The van der Waals surface area contributed by atoms with Crippen molar-refractivity contribution in [1.29, 1.82) is 0 Å². The summed E-state index contributed by atoms with van der Waals surface area (Å²) in [5.41, 5.74) is 0.697. The Balaban J connectivity index is 1.84. The second-order valence-electron chi connectivity index (χ2n) is 4.38. The van der Waals surface area contributed by atoms with Crippen molar-refractivity contribution in [2.75, 3.05) is 29.5 Å². The third-order valence-corrected chi connectivity index (χ3v) is 5.66. The molecule has 0 amide bonds. The van der Waals surface area contributed by atoms with Gasteiger partial charge in [-0.25, -0.2) is 4.98 Å². The van der Waals surface area contributed by atoms with Gasteiger partial charge in [-0.15, -0.1) is 11.3 Å². The summed E-state index contributed by atoms with van der Waals surface area (Å²) in [6.07, 6.45) is 2.58. The molecule has 1 aromatic heterocycles. The van der Waals surface area contributed by atoms with Gasteiger partial charge in [-0.3, -0.25) is 9.00 Å². The van der Waals surface area contributed by atoms with E-state index in [1.165, 1.54) is 0 Å². The number of hydrogen-bond acceptors (Lipinski definition) is 5. The monoisotopic (exact) mass is 270 g/mol. The smallest absolute Gasteiger partial charge is 0.186 e. The largest absolute Gasteiger partial charge is 0.346 e. The fourth-order valence-corrected chi connectivity index (χ4v) is 4.44. The molecule has 0 radical (unpaired) electrons. The summed E-state index contributed by atoms with van der Waals surface area (Å²) in [6.45, 7) is 1.60. The topological polar surface area (TPSA) is 50.3 Å². The number of thiazole rings is 1. The summed E-state index contributed by atoms with van der Waals surface area (Å²) in [4.78, 5) is 19.5. The quantitative estimate of drug-likeness (QED) is 0.770. The number of fused-ring (bicyclic) bond motifs is 1. The van der Waals surface area contributed by atoms with E-state index in [0.717, 1.165) is 47.4 Å². The highest BCUT2D eigenvalue weighted by Gasteiger charge is 2.25. The van der Waals surface area contributed by atoms with Gasteiger partial charge in [0.2, 0.25) is 0 Å². The molecule has 0 aromatic carbocycles. The lowest BCUT2D eigenvalue weighted by atomic mass is 10.0. The van der Waals surface area contributed by atoms with Crippen LogP contribution in [0, 0.1) is 0 Å². The van der Waals surface area contributed by atoms with Crippen molar-refractivity contribution in [1.82, 2.24) is 4.98 Å². The van der Waals surface area contributed by atoms with Crippen LogP contribution in [-0.2, 0) is 17.2 Å². The minimum atomic E-state index is -0.663. The minimum absolute atomic E-state index is 0.189. The SMILES string of the molecule is O=C1CCCc2sc(N3CCS(=O)CC3)nc21. The van der Waals surface area contributed by atoms with E-state index in [9.17, 15) is 9.00 Å². The van der Waals surface area contributed by atoms with E-state index in [1.807, 2.05) is 0 Å². The molecule has 1 aromatic rings. The number of anilines is 1. The van der Waals surface area contributed by atoms with E-state index >= 15 is 0 Å². The van der Waals surface area contributed by atoms with E-state index in [4.69, 9.17) is 0 Å². The number of aryl methyl sites for hydroxylation is 1. The van der Waals surface area contributed by atoms with Gasteiger partial charge in [0.15, 0.2) is 10.9 Å². The first-order valence-corrected chi connectivity index (χ1v) is 8.17. The number of Topliss-reactive ketones (excluding diaryl/α,β-unsaturated/α-hetero) is 1. The van der Waals surface area contributed by atoms with E-state index in [-0.39, 0.29) is 5.78 Å². The zero-order valence-corrected chi connectivity index (χ0v) is 11.1. The molecule has 4 nitrogen and oxygen atoms in total. The number of nitrogens with zero attached hydrogens (tertiary/aromatic N) is 2. The lowest BCUT2D eigenvalue weighted by molar-refractivity contribution is 0.0968. The zero-order valence-electron chi connectivity index (χ0n) is 9.48. The van der Waals surface area contributed by atoms with Crippen molar-refractivity contribution < 1.29 is 9.00 Å². The Kier molecular flexibility index (Phi) is 3.00. The molecule has 2 aliphatic rings. The number of rotatable bonds is 1. The van der Waals surface area contributed by atoms with Gasteiger partial charge in [0.25, 0.3) is 0 Å².